The molecule has 4 saturated heterocycles. The number of ether oxygens (including phenoxy) is 8. The van der Waals surface area contributed by atoms with Gasteiger partial charge in [-0.2, -0.15) is 0 Å². The van der Waals surface area contributed by atoms with Gasteiger partial charge in [0.15, 0.2) is 25.0 Å². The highest BCUT2D eigenvalue weighted by Gasteiger charge is 2.64. The summed E-state index contributed by atoms with van der Waals surface area (Å²) in [5.41, 5.74) is -2.43. The van der Waals surface area contributed by atoms with Crippen molar-refractivity contribution in [2.75, 3.05) is 26.4 Å². The fraction of sp³-hybridized carbons (Fsp3) is 0.933. The van der Waals surface area contributed by atoms with Gasteiger partial charge in [0.1, 0.15) is 91.6 Å². The van der Waals surface area contributed by atoms with Crippen LogP contribution in [-0.2, 0) is 42.7 Å². The Bertz CT molecular complexity index is 1740. The van der Waals surface area contributed by atoms with Crippen LogP contribution in [0.15, 0.2) is 12.2 Å². The Morgan fingerprint density at radius 3 is 1.50 bits per heavy atom. The molecule has 4 heterocycles. The second-order valence-electron chi connectivity index (χ2n) is 21.2. The molecule has 3 aliphatic carbocycles. The first-order valence-electron chi connectivity index (χ1n) is 23.7. The van der Waals surface area contributed by atoms with Gasteiger partial charge in [-0.25, -0.2) is 0 Å². The number of carbonyl (C=O) groups is 1. The molecule has 23 heteroatoms. The molecule has 7 rings (SSSR count). The lowest BCUT2D eigenvalue weighted by molar-refractivity contribution is -0.388. The molecule has 392 valence electrons. The summed E-state index contributed by atoms with van der Waals surface area (Å²) in [7, 11) is 0. The average Bonchev–Trinajstić information content (AvgIpc) is 3.40. The van der Waals surface area contributed by atoms with Crippen LogP contribution in [-0.4, -0.2) is 232 Å². The van der Waals surface area contributed by atoms with Gasteiger partial charge in [0.25, 0.3) is 0 Å². The van der Waals surface area contributed by atoms with Gasteiger partial charge >= 0.3 is 5.97 Å². The molecule has 3 saturated carbocycles. The summed E-state index contributed by atoms with van der Waals surface area (Å²) in [6, 6.07) is 0. The third-order valence-electron chi connectivity index (χ3n) is 16.9. The molecule has 26 atom stereocenters. The zero-order chi connectivity index (χ0) is 50.0. The predicted molar refractivity (Wildman–Crippen MR) is 226 cm³/mol. The van der Waals surface area contributed by atoms with E-state index in [2.05, 4.69) is 20.4 Å². The fourth-order valence-corrected chi connectivity index (χ4v) is 12.7. The van der Waals surface area contributed by atoms with E-state index in [4.69, 9.17) is 37.9 Å². The molecule has 7 aliphatic rings. The van der Waals surface area contributed by atoms with Gasteiger partial charge in [0, 0.05) is 0 Å². The summed E-state index contributed by atoms with van der Waals surface area (Å²) in [6.07, 6.45) is -30.4. The maximum Gasteiger partial charge on any atom is 0.314 e. The maximum absolute atomic E-state index is 15.1. The van der Waals surface area contributed by atoms with Crippen molar-refractivity contribution in [3.05, 3.63) is 12.2 Å². The summed E-state index contributed by atoms with van der Waals surface area (Å²) in [5, 5.41) is 148. The van der Waals surface area contributed by atoms with Gasteiger partial charge in [-0.15, -0.1) is 0 Å². The minimum Gasteiger partial charge on any atom is -0.432 e. The number of aliphatic hydroxyl groups is 14. The third-order valence-corrected chi connectivity index (χ3v) is 16.9. The van der Waals surface area contributed by atoms with E-state index in [1.807, 2.05) is 6.92 Å². The van der Waals surface area contributed by atoms with Crippen LogP contribution in [0.2, 0.25) is 0 Å². The molecule has 20 unspecified atom stereocenters. The van der Waals surface area contributed by atoms with Crippen LogP contribution in [0.5, 0.6) is 0 Å². The van der Waals surface area contributed by atoms with Gasteiger partial charge in [0.2, 0.25) is 6.29 Å². The topological polar surface area (TPSA) is 374 Å². The van der Waals surface area contributed by atoms with Crippen molar-refractivity contribution in [1.82, 2.24) is 0 Å². The van der Waals surface area contributed by atoms with E-state index in [0.717, 1.165) is 12.0 Å². The van der Waals surface area contributed by atoms with E-state index in [9.17, 15) is 71.5 Å². The van der Waals surface area contributed by atoms with E-state index < -0.39 is 172 Å². The van der Waals surface area contributed by atoms with E-state index in [1.54, 1.807) is 6.92 Å². The van der Waals surface area contributed by atoms with Crippen LogP contribution in [0.4, 0.5) is 0 Å². The molecule has 0 amide bonds. The lowest BCUT2D eigenvalue weighted by atomic mass is 9.42. The highest BCUT2D eigenvalue weighted by atomic mass is 16.8. The van der Waals surface area contributed by atoms with Crippen LogP contribution in [0.25, 0.3) is 0 Å². The smallest absolute Gasteiger partial charge is 0.314 e. The molecule has 0 aromatic rings. The van der Waals surface area contributed by atoms with Crippen molar-refractivity contribution in [2.24, 2.45) is 28.1 Å². The summed E-state index contributed by atoms with van der Waals surface area (Å²) in [6.45, 7) is 9.20. The Hall–Kier alpha value is -1.63. The molecular formula is C45H74O23. The van der Waals surface area contributed by atoms with Gasteiger partial charge in [-0.3, -0.25) is 4.79 Å². The quantitative estimate of drug-likeness (QED) is 0.0648. The van der Waals surface area contributed by atoms with E-state index >= 15 is 4.79 Å². The Balaban J connectivity index is 1.17. The Morgan fingerprint density at radius 1 is 0.544 bits per heavy atom. The second-order valence-corrected chi connectivity index (χ2v) is 21.2. The number of aliphatic hydroxyl groups excluding tert-OH is 14. The molecule has 0 radical (unpaired) electrons. The maximum atomic E-state index is 15.1. The Labute approximate surface area is 393 Å². The fourth-order valence-electron chi connectivity index (χ4n) is 12.7. The van der Waals surface area contributed by atoms with Crippen LogP contribution in [0.1, 0.15) is 79.1 Å². The first kappa shape index (κ1) is 54.2. The summed E-state index contributed by atoms with van der Waals surface area (Å²) in [4.78, 5) is 15.1. The average molecular weight is 983 g/mol. The molecule has 0 aromatic carbocycles. The van der Waals surface area contributed by atoms with Crippen molar-refractivity contribution in [3.8, 4) is 0 Å². The summed E-state index contributed by atoms with van der Waals surface area (Å²) in [5.74, 6) is -1.11. The summed E-state index contributed by atoms with van der Waals surface area (Å²) < 4.78 is 47.7. The van der Waals surface area contributed by atoms with Crippen LogP contribution >= 0.6 is 0 Å². The number of carbonyl (C=O) groups excluding carboxylic acids is 1. The Kier molecular flexibility index (Phi) is 16.5. The van der Waals surface area contributed by atoms with Crippen molar-refractivity contribution >= 4 is 5.97 Å². The Morgan fingerprint density at radius 2 is 0.985 bits per heavy atom. The highest BCUT2D eigenvalue weighted by molar-refractivity contribution is 5.77. The van der Waals surface area contributed by atoms with Crippen LogP contribution in [0, 0.1) is 28.1 Å². The number of fused-ring (bicyclic) bond motifs is 3. The van der Waals surface area contributed by atoms with Crippen LogP contribution < -0.4 is 0 Å². The molecule has 0 bridgehead atoms. The van der Waals surface area contributed by atoms with Gasteiger partial charge < -0.3 is 109 Å². The number of hydrogen-bond acceptors (Lipinski definition) is 23. The molecule has 23 nitrogen and oxygen atoms in total. The SMILES string of the molecule is C=C1C[C@@]2(C)CC[C@H]3[C@@](C)(CCC[C@@]3(C)C(=O)OC3OC(CO)C(O)C(OC4OC(CO)C(O)C(O)C4O)C3OC3OC(CO)C(O)C(O)C3O)[C@@H]2CC[C@@]1(C)OC1OC(CO)C(O)C(O)C1O. The number of hydrogen-bond donors (Lipinski definition) is 14. The predicted octanol–water partition coefficient (Wildman–Crippen LogP) is -4.48. The molecule has 0 spiro atoms. The molecule has 0 aromatic heterocycles. The van der Waals surface area contributed by atoms with Crippen molar-refractivity contribution in [1.29, 1.82) is 0 Å². The third kappa shape index (κ3) is 9.57. The normalized spacial score (nSPS) is 53.5. The van der Waals surface area contributed by atoms with Gasteiger partial charge in [-0.1, -0.05) is 26.8 Å². The van der Waals surface area contributed by atoms with Crippen molar-refractivity contribution < 1.29 is 114 Å². The van der Waals surface area contributed by atoms with Crippen molar-refractivity contribution in [2.45, 2.75) is 207 Å². The van der Waals surface area contributed by atoms with Gasteiger partial charge in [-0.05, 0) is 87.0 Å². The van der Waals surface area contributed by atoms with E-state index in [1.165, 1.54) is 0 Å². The first-order chi connectivity index (χ1) is 31.9. The largest absolute Gasteiger partial charge is 0.432 e. The molecule has 68 heavy (non-hydrogen) atoms. The van der Waals surface area contributed by atoms with Crippen LogP contribution in [0.3, 0.4) is 0 Å². The van der Waals surface area contributed by atoms with E-state index in [0.29, 0.717) is 44.9 Å². The standard InChI is InChI=1S/C45H74O23/c1-18-13-42(2)11-7-24-43(3,23(42)8-12-45(18,5)68-39-34(59)31(56)27(52)21(16-48)63-39)9-6-10-44(24,4)41(60)67-40-36(66-38-33(58)30(55)26(51)20(15-47)62-38)35(28(53)22(17-49)64-40)65-37-32(57)29(54)25(50)19(14-46)61-37/h19-40,46-59H,1,6-17H2,2-5H3/t19?,20?,21?,22?,23-,24+,25?,26?,27?,28?,29?,30?,31?,32?,33?,34?,35?,36?,37?,38?,39?,40?,42-,43+,44-,45-/m1/s1. The monoisotopic (exact) mass is 982 g/mol. The molecular weight excluding hydrogens is 908 g/mol. The second kappa shape index (κ2) is 20.7. The number of rotatable bonds is 12. The van der Waals surface area contributed by atoms with Gasteiger partial charge in [0.05, 0.1) is 37.4 Å². The highest BCUT2D eigenvalue weighted by Crippen LogP contribution is 2.68. The lowest BCUT2D eigenvalue weighted by Gasteiger charge is -2.62. The van der Waals surface area contributed by atoms with E-state index in [-0.39, 0.29) is 17.3 Å². The molecule has 4 aliphatic heterocycles. The zero-order valence-corrected chi connectivity index (χ0v) is 38.8. The molecule has 14 N–H and O–H groups in total. The first-order valence-corrected chi connectivity index (χ1v) is 23.7. The zero-order valence-electron chi connectivity index (χ0n) is 38.8. The minimum absolute atomic E-state index is 0.0309. The lowest BCUT2D eigenvalue weighted by Crippen LogP contribution is -2.67. The summed E-state index contributed by atoms with van der Waals surface area (Å²) >= 11 is 0. The minimum atomic E-state index is -2.02. The number of esters is 1. The van der Waals surface area contributed by atoms with Crippen molar-refractivity contribution in [3.63, 3.8) is 0 Å². The molecule has 7 fully saturated rings.